The lowest BCUT2D eigenvalue weighted by Crippen LogP contribution is -2.02. The Morgan fingerprint density at radius 1 is 1.05 bits per heavy atom. The van der Waals surface area contributed by atoms with Gasteiger partial charge in [-0.15, -0.1) is 5.10 Å². The van der Waals surface area contributed by atoms with Crippen LogP contribution in [0.25, 0.3) is 17.1 Å². The summed E-state index contributed by atoms with van der Waals surface area (Å²) in [6, 6.07) is 8.99. The largest absolute Gasteiger partial charge is 0.398 e. The van der Waals surface area contributed by atoms with Crippen molar-refractivity contribution in [3.63, 3.8) is 0 Å². The second-order valence-electron chi connectivity index (χ2n) is 4.27. The maximum atomic E-state index is 13.5. The highest BCUT2D eigenvalue weighted by atomic mass is 35.5. The third-order valence-corrected chi connectivity index (χ3v) is 3.27. The third kappa shape index (κ3) is 2.68. The van der Waals surface area contributed by atoms with Crippen molar-refractivity contribution < 1.29 is 4.39 Å². The lowest BCUT2D eigenvalue weighted by atomic mass is 10.1. The number of rotatable bonds is 2. The molecule has 2 aromatic carbocycles. The SMILES string of the molecule is Nc1cc(Cl)ccc1-c1nnnn1-c1cc(F)cc(Cl)c1. The highest BCUT2D eigenvalue weighted by Crippen LogP contribution is 2.28. The molecule has 3 rings (SSSR count). The van der Waals surface area contributed by atoms with Gasteiger partial charge in [-0.1, -0.05) is 23.2 Å². The van der Waals surface area contributed by atoms with E-state index in [-0.39, 0.29) is 5.02 Å². The Morgan fingerprint density at radius 2 is 1.86 bits per heavy atom. The van der Waals surface area contributed by atoms with Crippen LogP contribution in [0.15, 0.2) is 36.4 Å². The minimum absolute atomic E-state index is 0.246. The molecule has 2 N–H and O–H groups in total. The Morgan fingerprint density at radius 3 is 2.57 bits per heavy atom. The summed E-state index contributed by atoms with van der Waals surface area (Å²) in [4.78, 5) is 0. The molecule has 1 aromatic heterocycles. The highest BCUT2D eigenvalue weighted by molar-refractivity contribution is 6.31. The normalized spacial score (nSPS) is 10.8. The molecule has 0 unspecified atom stereocenters. The molecule has 0 bridgehead atoms. The Bertz CT molecular complexity index is 798. The summed E-state index contributed by atoms with van der Waals surface area (Å²) in [6.07, 6.45) is 0. The lowest BCUT2D eigenvalue weighted by Gasteiger charge is -2.07. The number of benzene rings is 2. The van der Waals surface area contributed by atoms with Gasteiger partial charge in [-0.05, 0) is 46.8 Å². The van der Waals surface area contributed by atoms with Crippen LogP contribution in [0.1, 0.15) is 0 Å². The quantitative estimate of drug-likeness (QED) is 0.734. The van der Waals surface area contributed by atoms with Gasteiger partial charge in [-0.25, -0.2) is 4.39 Å². The lowest BCUT2D eigenvalue weighted by molar-refractivity contribution is 0.625. The molecule has 0 aliphatic carbocycles. The van der Waals surface area contributed by atoms with Gasteiger partial charge in [-0.3, -0.25) is 0 Å². The Balaban J connectivity index is 2.17. The van der Waals surface area contributed by atoms with Crippen molar-refractivity contribution in [2.75, 3.05) is 5.73 Å². The van der Waals surface area contributed by atoms with E-state index in [1.54, 1.807) is 24.3 Å². The molecule has 0 amide bonds. The fourth-order valence-electron chi connectivity index (χ4n) is 1.93. The molecular formula is C13H8Cl2FN5. The second-order valence-corrected chi connectivity index (χ2v) is 5.15. The molecule has 0 fully saturated rings. The molecule has 21 heavy (non-hydrogen) atoms. The van der Waals surface area contributed by atoms with Crippen LogP contribution in [0.5, 0.6) is 0 Å². The number of tetrazole rings is 1. The van der Waals surface area contributed by atoms with Crippen molar-refractivity contribution in [1.29, 1.82) is 0 Å². The average Bonchev–Trinajstić information content (AvgIpc) is 2.86. The van der Waals surface area contributed by atoms with Crippen LogP contribution in [-0.2, 0) is 0 Å². The smallest absolute Gasteiger partial charge is 0.189 e. The fourth-order valence-corrected chi connectivity index (χ4v) is 2.32. The zero-order valence-electron chi connectivity index (χ0n) is 10.5. The fraction of sp³-hybridized carbons (Fsp3) is 0. The van der Waals surface area contributed by atoms with Gasteiger partial charge in [0.25, 0.3) is 0 Å². The number of nitrogens with two attached hydrogens (primary N) is 1. The predicted molar refractivity (Wildman–Crippen MR) is 79.0 cm³/mol. The number of halogens is 3. The third-order valence-electron chi connectivity index (χ3n) is 2.82. The summed E-state index contributed by atoms with van der Waals surface area (Å²) in [5, 5.41) is 12.1. The van der Waals surface area contributed by atoms with Gasteiger partial charge in [0.15, 0.2) is 5.82 Å². The number of anilines is 1. The number of hydrogen-bond donors (Lipinski definition) is 1. The van der Waals surface area contributed by atoms with Crippen molar-refractivity contribution in [3.8, 4) is 17.1 Å². The topological polar surface area (TPSA) is 69.6 Å². The molecule has 0 atom stereocenters. The first-order valence-electron chi connectivity index (χ1n) is 5.85. The first kappa shape index (κ1) is 13.8. The van der Waals surface area contributed by atoms with E-state index in [1.807, 2.05) is 0 Å². The number of nitrogens with zero attached hydrogens (tertiary/aromatic N) is 4. The number of aromatic nitrogens is 4. The monoisotopic (exact) mass is 323 g/mol. The van der Waals surface area contributed by atoms with Crippen molar-refractivity contribution in [2.45, 2.75) is 0 Å². The zero-order valence-corrected chi connectivity index (χ0v) is 12.0. The predicted octanol–water partition coefficient (Wildman–Crippen LogP) is 3.36. The summed E-state index contributed by atoms with van der Waals surface area (Å²) in [5.74, 6) is -0.117. The maximum Gasteiger partial charge on any atom is 0.189 e. The molecule has 5 nitrogen and oxygen atoms in total. The Kier molecular flexibility index (Phi) is 3.48. The Hall–Kier alpha value is -2.18. The van der Waals surface area contributed by atoms with E-state index in [9.17, 15) is 4.39 Å². The maximum absolute atomic E-state index is 13.5. The van der Waals surface area contributed by atoms with E-state index in [4.69, 9.17) is 28.9 Å². The van der Waals surface area contributed by atoms with Crippen molar-refractivity contribution in [1.82, 2.24) is 20.2 Å². The van der Waals surface area contributed by atoms with Gasteiger partial charge < -0.3 is 5.73 Å². The molecule has 0 spiro atoms. The summed E-state index contributed by atoms with van der Waals surface area (Å²) in [5.41, 5.74) is 7.33. The van der Waals surface area contributed by atoms with Crippen molar-refractivity contribution in [2.24, 2.45) is 0 Å². The minimum atomic E-state index is -0.483. The van der Waals surface area contributed by atoms with Crippen LogP contribution in [-0.4, -0.2) is 20.2 Å². The van der Waals surface area contributed by atoms with Crippen LogP contribution >= 0.6 is 23.2 Å². The van der Waals surface area contributed by atoms with E-state index in [2.05, 4.69) is 15.5 Å². The molecule has 0 aliphatic rings. The van der Waals surface area contributed by atoms with Crippen LogP contribution in [0.4, 0.5) is 10.1 Å². The van der Waals surface area contributed by atoms with E-state index in [0.29, 0.717) is 27.8 Å². The van der Waals surface area contributed by atoms with E-state index >= 15 is 0 Å². The molecule has 1 heterocycles. The summed E-state index contributed by atoms with van der Waals surface area (Å²) >= 11 is 11.7. The van der Waals surface area contributed by atoms with Gasteiger partial charge in [0.1, 0.15) is 5.82 Å². The van der Waals surface area contributed by atoms with Crippen LogP contribution in [0.3, 0.4) is 0 Å². The van der Waals surface area contributed by atoms with Gasteiger partial charge in [0.05, 0.1) is 5.69 Å². The molecule has 0 radical (unpaired) electrons. The van der Waals surface area contributed by atoms with E-state index in [0.717, 1.165) is 0 Å². The standard InChI is InChI=1S/C13H8Cl2FN5/c14-7-1-2-11(12(17)5-7)13-18-19-20-21(13)10-4-8(15)3-9(16)6-10/h1-6H,17H2. The summed E-state index contributed by atoms with van der Waals surface area (Å²) in [6.45, 7) is 0. The zero-order chi connectivity index (χ0) is 15.0. The molecule has 0 aliphatic heterocycles. The van der Waals surface area contributed by atoms with Crippen molar-refractivity contribution in [3.05, 3.63) is 52.3 Å². The molecule has 0 saturated carbocycles. The first-order chi connectivity index (χ1) is 10.0. The molecule has 0 saturated heterocycles. The average molecular weight is 324 g/mol. The van der Waals surface area contributed by atoms with Gasteiger partial charge in [-0.2, -0.15) is 4.68 Å². The summed E-state index contributed by atoms with van der Waals surface area (Å²) < 4.78 is 14.8. The number of nitrogen functional groups attached to an aromatic ring is 1. The molecular weight excluding hydrogens is 316 g/mol. The summed E-state index contributed by atoms with van der Waals surface area (Å²) in [7, 11) is 0. The molecule has 8 heteroatoms. The minimum Gasteiger partial charge on any atom is -0.398 e. The Labute approximate surface area is 129 Å². The van der Waals surface area contributed by atoms with Crippen LogP contribution in [0, 0.1) is 5.82 Å². The molecule has 106 valence electrons. The van der Waals surface area contributed by atoms with E-state index in [1.165, 1.54) is 16.8 Å². The number of hydrogen-bond acceptors (Lipinski definition) is 4. The first-order valence-corrected chi connectivity index (χ1v) is 6.60. The second kappa shape index (κ2) is 5.31. The molecule has 3 aromatic rings. The highest BCUT2D eigenvalue weighted by Gasteiger charge is 2.14. The van der Waals surface area contributed by atoms with Crippen LogP contribution < -0.4 is 5.73 Å². The van der Waals surface area contributed by atoms with Crippen LogP contribution in [0.2, 0.25) is 10.0 Å². The van der Waals surface area contributed by atoms with Gasteiger partial charge in [0.2, 0.25) is 0 Å². The van der Waals surface area contributed by atoms with Gasteiger partial charge >= 0.3 is 0 Å². The van der Waals surface area contributed by atoms with Crippen molar-refractivity contribution >= 4 is 28.9 Å². The van der Waals surface area contributed by atoms with E-state index < -0.39 is 5.82 Å². The van der Waals surface area contributed by atoms with Gasteiger partial charge in [0, 0.05) is 21.3 Å².